The number of hydrogen-bond donors (Lipinski definition) is 0. The first-order chi connectivity index (χ1) is 13.7. The second-order valence-electron chi connectivity index (χ2n) is 7.97. The number of benzene rings is 1. The van der Waals surface area contributed by atoms with Crippen molar-refractivity contribution in [2.45, 2.75) is 64.7 Å². The molecule has 0 saturated carbocycles. The Kier molecular flexibility index (Phi) is 7.41. The van der Waals surface area contributed by atoms with E-state index in [1.165, 1.54) is 4.90 Å². The fourth-order valence-corrected chi connectivity index (χ4v) is 3.55. The van der Waals surface area contributed by atoms with Gasteiger partial charge in [0.2, 0.25) is 5.54 Å². The lowest BCUT2D eigenvalue weighted by atomic mass is 9.84. The maximum Gasteiger partial charge on any atom is 0.343 e. The van der Waals surface area contributed by atoms with E-state index in [1.54, 1.807) is 44.2 Å². The van der Waals surface area contributed by atoms with Crippen molar-refractivity contribution in [1.82, 2.24) is 4.90 Å². The third kappa shape index (κ3) is 5.15. The van der Waals surface area contributed by atoms with Crippen molar-refractivity contribution in [2.24, 2.45) is 0 Å². The topological polar surface area (TPSA) is 82.1 Å². The molecule has 2 rings (SSSR count). The van der Waals surface area contributed by atoms with Crippen molar-refractivity contribution >= 4 is 17.8 Å². The average Bonchev–Trinajstić information content (AvgIpc) is 2.67. The Morgan fingerprint density at radius 1 is 1.03 bits per heavy atom. The summed E-state index contributed by atoms with van der Waals surface area (Å²) in [4.78, 5) is 40.7. The first kappa shape index (κ1) is 22.9. The zero-order valence-electron chi connectivity index (χ0n) is 17.9. The van der Waals surface area contributed by atoms with Crippen LogP contribution in [0.3, 0.4) is 0 Å². The van der Waals surface area contributed by atoms with Crippen molar-refractivity contribution < 1.29 is 28.6 Å². The molecule has 7 nitrogen and oxygen atoms in total. The molecule has 0 aromatic heterocycles. The molecule has 29 heavy (non-hydrogen) atoms. The van der Waals surface area contributed by atoms with E-state index in [4.69, 9.17) is 14.2 Å². The minimum atomic E-state index is -1.82. The quantitative estimate of drug-likeness (QED) is 0.535. The van der Waals surface area contributed by atoms with E-state index in [-0.39, 0.29) is 32.3 Å². The molecule has 1 saturated heterocycles. The second kappa shape index (κ2) is 9.39. The molecule has 1 amide bonds. The van der Waals surface area contributed by atoms with Crippen molar-refractivity contribution in [3.63, 3.8) is 0 Å². The van der Waals surface area contributed by atoms with E-state index in [1.807, 2.05) is 20.8 Å². The standard InChI is InChI=1S/C22H31NO6/c1-6-27-19(25)22(20(26)28-7-2)14-13-17(29-21(3,4)5)15-23(22)18(24)16-11-9-8-10-12-16/h8-12,17H,6-7,13-15H2,1-5H3/t17-/m0/s1. The van der Waals surface area contributed by atoms with Crippen molar-refractivity contribution in [3.05, 3.63) is 35.9 Å². The van der Waals surface area contributed by atoms with Gasteiger partial charge in [-0.05, 0) is 59.6 Å². The smallest absolute Gasteiger partial charge is 0.343 e. The van der Waals surface area contributed by atoms with Gasteiger partial charge in [-0.1, -0.05) is 18.2 Å². The highest BCUT2D eigenvalue weighted by Gasteiger charge is 2.58. The van der Waals surface area contributed by atoms with Crippen molar-refractivity contribution in [1.29, 1.82) is 0 Å². The Balaban J connectivity index is 2.51. The molecule has 1 aromatic rings. The zero-order valence-corrected chi connectivity index (χ0v) is 17.9. The van der Waals surface area contributed by atoms with Gasteiger partial charge in [0.25, 0.3) is 5.91 Å². The first-order valence-electron chi connectivity index (χ1n) is 10.0. The van der Waals surface area contributed by atoms with Gasteiger partial charge in [-0.15, -0.1) is 0 Å². The average molecular weight is 405 g/mol. The van der Waals surface area contributed by atoms with Gasteiger partial charge in [0, 0.05) is 12.1 Å². The normalized spacial score (nSPS) is 18.8. The van der Waals surface area contributed by atoms with E-state index < -0.39 is 29.0 Å². The van der Waals surface area contributed by atoms with E-state index >= 15 is 0 Å². The van der Waals surface area contributed by atoms with Crippen LogP contribution in [0.5, 0.6) is 0 Å². The Morgan fingerprint density at radius 2 is 1.59 bits per heavy atom. The molecule has 1 atom stereocenters. The van der Waals surface area contributed by atoms with Gasteiger partial charge in [-0.25, -0.2) is 9.59 Å². The van der Waals surface area contributed by atoms with Gasteiger partial charge < -0.3 is 19.1 Å². The second-order valence-corrected chi connectivity index (χ2v) is 7.97. The predicted octanol–water partition coefficient (Wildman–Crippen LogP) is 2.97. The minimum absolute atomic E-state index is 0.0734. The van der Waals surface area contributed by atoms with Crippen LogP contribution in [0.25, 0.3) is 0 Å². The van der Waals surface area contributed by atoms with Gasteiger partial charge in [-0.2, -0.15) is 0 Å². The van der Waals surface area contributed by atoms with Crippen LogP contribution in [-0.2, 0) is 23.8 Å². The first-order valence-corrected chi connectivity index (χ1v) is 10.0. The zero-order chi connectivity index (χ0) is 21.7. The Hall–Kier alpha value is -2.41. The summed E-state index contributed by atoms with van der Waals surface area (Å²) < 4.78 is 16.5. The maximum atomic E-state index is 13.4. The molecule has 1 aliphatic heterocycles. The number of piperidine rings is 1. The molecule has 0 bridgehead atoms. The number of rotatable bonds is 6. The third-order valence-corrected chi connectivity index (χ3v) is 4.69. The van der Waals surface area contributed by atoms with Crippen LogP contribution in [-0.4, -0.2) is 59.7 Å². The van der Waals surface area contributed by atoms with Crippen LogP contribution >= 0.6 is 0 Å². The summed E-state index contributed by atoms with van der Waals surface area (Å²) in [6.07, 6.45) is 0.178. The summed E-state index contributed by atoms with van der Waals surface area (Å²) in [7, 11) is 0. The summed E-state index contributed by atoms with van der Waals surface area (Å²) in [6.45, 7) is 9.37. The Bertz CT molecular complexity index is 707. The SMILES string of the molecule is CCOC(=O)C1(C(=O)OCC)CC[C@H](OC(C)(C)C)CN1C(=O)c1ccccc1. The third-order valence-electron chi connectivity index (χ3n) is 4.69. The van der Waals surface area contributed by atoms with Crippen LogP contribution in [0.15, 0.2) is 30.3 Å². The molecule has 1 fully saturated rings. The Labute approximate surface area is 172 Å². The van der Waals surface area contributed by atoms with Crippen LogP contribution in [0.4, 0.5) is 0 Å². The minimum Gasteiger partial charge on any atom is -0.464 e. The molecule has 0 aliphatic carbocycles. The number of amides is 1. The van der Waals surface area contributed by atoms with Gasteiger partial charge in [0.1, 0.15) is 0 Å². The maximum absolute atomic E-state index is 13.4. The number of likely N-dealkylation sites (tertiary alicyclic amines) is 1. The molecule has 1 aromatic carbocycles. The van der Waals surface area contributed by atoms with Gasteiger partial charge in [-0.3, -0.25) is 4.79 Å². The molecule has 0 spiro atoms. The molecular weight excluding hydrogens is 374 g/mol. The lowest BCUT2D eigenvalue weighted by Gasteiger charge is -2.46. The van der Waals surface area contributed by atoms with Gasteiger partial charge in [0.15, 0.2) is 0 Å². The van der Waals surface area contributed by atoms with Crippen molar-refractivity contribution in [3.8, 4) is 0 Å². The summed E-state index contributed by atoms with van der Waals surface area (Å²) in [6, 6.07) is 8.56. The highest BCUT2D eigenvalue weighted by atomic mass is 16.6. The lowest BCUT2D eigenvalue weighted by Crippen LogP contribution is -2.67. The summed E-state index contributed by atoms with van der Waals surface area (Å²) in [5.41, 5.74) is -1.88. The monoisotopic (exact) mass is 405 g/mol. The number of carbonyl (C=O) groups is 3. The van der Waals surface area contributed by atoms with E-state index in [0.29, 0.717) is 12.0 Å². The molecule has 7 heteroatoms. The summed E-state index contributed by atoms with van der Waals surface area (Å²) in [5.74, 6) is -1.97. The molecule has 160 valence electrons. The van der Waals surface area contributed by atoms with E-state index in [9.17, 15) is 14.4 Å². The van der Waals surface area contributed by atoms with E-state index in [0.717, 1.165) is 0 Å². The summed E-state index contributed by atoms with van der Waals surface area (Å²) in [5, 5.41) is 0. The van der Waals surface area contributed by atoms with Gasteiger partial charge >= 0.3 is 11.9 Å². The summed E-state index contributed by atoms with van der Waals surface area (Å²) >= 11 is 0. The number of esters is 2. The Morgan fingerprint density at radius 3 is 2.07 bits per heavy atom. The molecule has 0 N–H and O–H groups in total. The fraction of sp³-hybridized carbons (Fsp3) is 0.591. The van der Waals surface area contributed by atoms with Crippen LogP contribution < -0.4 is 0 Å². The van der Waals surface area contributed by atoms with E-state index in [2.05, 4.69) is 0 Å². The van der Waals surface area contributed by atoms with Crippen LogP contribution in [0.2, 0.25) is 0 Å². The highest BCUT2D eigenvalue weighted by molar-refractivity contribution is 6.10. The number of carbonyl (C=O) groups excluding carboxylic acids is 3. The number of hydrogen-bond acceptors (Lipinski definition) is 6. The number of ether oxygens (including phenoxy) is 3. The predicted molar refractivity (Wildman–Crippen MR) is 107 cm³/mol. The van der Waals surface area contributed by atoms with Crippen LogP contribution in [0.1, 0.15) is 57.8 Å². The highest BCUT2D eigenvalue weighted by Crippen LogP contribution is 2.35. The van der Waals surface area contributed by atoms with Crippen molar-refractivity contribution in [2.75, 3.05) is 19.8 Å². The lowest BCUT2D eigenvalue weighted by molar-refractivity contribution is -0.181. The molecule has 1 heterocycles. The molecule has 1 aliphatic rings. The fourth-order valence-electron chi connectivity index (χ4n) is 3.55. The van der Waals surface area contributed by atoms with Crippen LogP contribution in [0, 0.1) is 0 Å². The largest absolute Gasteiger partial charge is 0.464 e. The number of nitrogens with zero attached hydrogens (tertiary/aromatic N) is 1. The molecule has 0 radical (unpaired) electrons. The molecular formula is C22H31NO6. The molecule has 0 unspecified atom stereocenters. The van der Waals surface area contributed by atoms with Gasteiger partial charge in [0.05, 0.1) is 24.9 Å².